The lowest BCUT2D eigenvalue weighted by atomic mass is 10.1. The molecule has 1 aliphatic heterocycles. The zero-order valence-electron chi connectivity index (χ0n) is 15.4. The first kappa shape index (κ1) is 18.5. The third-order valence-corrected chi connectivity index (χ3v) is 4.40. The Balaban J connectivity index is 1.52. The van der Waals surface area contributed by atoms with Crippen molar-refractivity contribution >= 4 is 17.7 Å². The predicted octanol–water partition coefficient (Wildman–Crippen LogP) is 2.28. The van der Waals surface area contributed by atoms with Gasteiger partial charge in [0, 0.05) is 23.7 Å². The molecule has 148 valence electrons. The van der Waals surface area contributed by atoms with Crippen LogP contribution in [0.2, 0.25) is 0 Å². The molecule has 4 rings (SSSR count). The van der Waals surface area contributed by atoms with Gasteiger partial charge in [-0.1, -0.05) is 6.92 Å². The minimum atomic E-state index is -0.759. The van der Waals surface area contributed by atoms with Crippen LogP contribution in [0.15, 0.2) is 48.9 Å². The molecule has 1 unspecified atom stereocenters. The average Bonchev–Trinajstić information content (AvgIpc) is 3.38. The SMILES string of the molecule is CCC(=O)NC1CN(c2ccc(-c3ccc(-n4nccn4)nc3)c(F)c2)C(=O)O1. The number of aromatic nitrogens is 4. The molecule has 1 N–H and O–H groups in total. The maximum absolute atomic E-state index is 14.7. The monoisotopic (exact) mass is 396 g/mol. The van der Waals surface area contributed by atoms with Gasteiger partial charge < -0.3 is 10.1 Å². The van der Waals surface area contributed by atoms with Crippen LogP contribution in [-0.4, -0.2) is 44.8 Å². The largest absolute Gasteiger partial charge is 0.423 e. The van der Waals surface area contributed by atoms with Crippen LogP contribution in [0, 0.1) is 5.82 Å². The van der Waals surface area contributed by atoms with E-state index in [4.69, 9.17) is 4.74 Å². The van der Waals surface area contributed by atoms with Gasteiger partial charge >= 0.3 is 6.09 Å². The topological polar surface area (TPSA) is 102 Å². The highest BCUT2D eigenvalue weighted by molar-refractivity contribution is 5.90. The third-order valence-electron chi connectivity index (χ3n) is 4.40. The zero-order valence-corrected chi connectivity index (χ0v) is 15.4. The maximum atomic E-state index is 14.7. The number of cyclic esters (lactones) is 1. The second-order valence-corrected chi connectivity index (χ2v) is 6.29. The Labute approximate surface area is 165 Å². The molecule has 1 aromatic carbocycles. The van der Waals surface area contributed by atoms with E-state index in [0.717, 1.165) is 0 Å². The molecule has 0 saturated carbocycles. The predicted molar refractivity (Wildman–Crippen MR) is 101 cm³/mol. The van der Waals surface area contributed by atoms with E-state index in [2.05, 4.69) is 20.5 Å². The minimum Gasteiger partial charge on any atom is -0.423 e. The van der Waals surface area contributed by atoms with Crippen molar-refractivity contribution in [2.24, 2.45) is 0 Å². The molecule has 1 atom stereocenters. The smallest absolute Gasteiger partial charge is 0.416 e. The molecule has 0 bridgehead atoms. The first-order valence-electron chi connectivity index (χ1n) is 8.95. The van der Waals surface area contributed by atoms with Crippen LogP contribution < -0.4 is 10.2 Å². The van der Waals surface area contributed by atoms with Crippen LogP contribution in [0.1, 0.15) is 13.3 Å². The van der Waals surface area contributed by atoms with Gasteiger partial charge in [-0.05, 0) is 30.3 Å². The lowest BCUT2D eigenvalue weighted by Gasteiger charge is -2.14. The Morgan fingerprint density at radius 2 is 2.07 bits per heavy atom. The number of hydrogen-bond donors (Lipinski definition) is 1. The van der Waals surface area contributed by atoms with Gasteiger partial charge in [0.15, 0.2) is 12.0 Å². The van der Waals surface area contributed by atoms with E-state index in [9.17, 15) is 14.0 Å². The molecule has 1 saturated heterocycles. The highest BCUT2D eigenvalue weighted by Crippen LogP contribution is 2.28. The van der Waals surface area contributed by atoms with Crippen molar-refractivity contribution in [3.8, 4) is 16.9 Å². The van der Waals surface area contributed by atoms with Crippen LogP contribution in [0.5, 0.6) is 0 Å². The number of anilines is 1. The summed E-state index contributed by atoms with van der Waals surface area (Å²) < 4.78 is 19.9. The van der Waals surface area contributed by atoms with Gasteiger partial charge in [-0.2, -0.15) is 10.2 Å². The lowest BCUT2D eigenvalue weighted by Crippen LogP contribution is -2.37. The van der Waals surface area contributed by atoms with Crippen LogP contribution in [-0.2, 0) is 9.53 Å². The highest BCUT2D eigenvalue weighted by Gasteiger charge is 2.33. The summed E-state index contributed by atoms with van der Waals surface area (Å²) in [6.07, 6.45) is 3.48. The fraction of sp³-hybridized carbons (Fsp3) is 0.211. The Hall–Kier alpha value is -3.82. The van der Waals surface area contributed by atoms with Crippen molar-refractivity contribution in [3.05, 3.63) is 54.7 Å². The van der Waals surface area contributed by atoms with E-state index < -0.39 is 18.1 Å². The lowest BCUT2D eigenvalue weighted by molar-refractivity contribution is -0.123. The van der Waals surface area contributed by atoms with E-state index in [1.807, 2.05) is 0 Å². The van der Waals surface area contributed by atoms with E-state index in [0.29, 0.717) is 22.6 Å². The number of halogens is 1. The van der Waals surface area contributed by atoms with Crippen LogP contribution in [0.25, 0.3) is 16.9 Å². The Bertz CT molecular complexity index is 1040. The third kappa shape index (κ3) is 3.77. The number of nitrogens with zero attached hydrogens (tertiary/aromatic N) is 5. The maximum Gasteiger partial charge on any atom is 0.416 e. The first-order chi connectivity index (χ1) is 14.0. The zero-order chi connectivity index (χ0) is 20.4. The average molecular weight is 396 g/mol. The molecule has 1 fully saturated rings. The number of benzene rings is 1. The summed E-state index contributed by atoms with van der Waals surface area (Å²) in [5.74, 6) is -0.230. The van der Waals surface area contributed by atoms with Crippen molar-refractivity contribution in [3.63, 3.8) is 0 Å². The normalized spacial score (nSPS) is 16.0. The molecule has 2 aromatic heterocycles. The molecule has 29 heavy (non-hydrogen) atoms. The molecular formula is C19H17FN6O3. The Kier molecular flexibility index (Phi) is 4.90. The molecule has 0 aliphatic carbocycles. The minimum absolute atomic E-state index is 0.108. The van der Waals surface area contributed by atoms with Gasteiger partial charge in [0.05, 0.1) is 24.6 Å². The van der Waals surface area contributed by atoms with Crippen molar-refractivity contribution in [2.45, 2.75) is 19.6 Å². The van der Waals surface area contributed by atoms with Crippen LogP contribution in [0.3, 0.4) is 0 Å². The summed E-state index contributed by atoms with van der Waals surface area (Å²) in [6, 6.07) is 7.83. The van der Waals surface area contributed by atoms with E-state index in [1.54, 1.807) is 31.2 Å². The van der Waals surface area contributed by atoms with Gasteiger partial charge in [-0.25, -0.2) is 14.2 Å². The van der Waals surface area contributed by atoms with Crippen molar-refractivity contribution in [1.29, 1.82) is 0 Å². The van der Waals surface area contributed by atoms with Gasteiger partial charge in [0.2, 0.25) is 5.91 Å². The fourth-order valence-corrected chi connectivity index (χ4v) is 2.93. The van der Waals surface area contributed by atoms with E-state index >= 15 is 0 Å². The second kappa shape index (κ2) is 7.66. The number of rotatable bonds is 5. The number of ether oxygens (including phenoxy) is 1. The van der Waals surface area contributed by atoms with Gasteiger partial charge in [-0.3, -0.25) is 9.69 Å². The van der Waals surface area contributed by atoms with Gasteiger partial charge in [-0.15, -0.1) is 4.80 Å². The fourth-order valence-electron chi connectivity index (χ4n) is 2.93. The molecule has 2 amide bonds. The second-order valence-electron chi connectivity index (χ2n) is 6.29. The van der Waals surface area contributed by atoms with Crippen molar-refractivity contribution in [2.75, 3.05) is 11.4 Å². The summed E-state index contributed by atoms with van der Waals surface area (Å²) >= 11 is 0. The summed E-state index contributed by atoms with van der Waals surface area (Å²) in [5, 5.41) is 10.6. The number of carbonyl (C=O) groups excluding carboxylic acids is 2. The molecule has 3 aromatic rings. The van der Waals surface area contributed by atoms with Crippen LogP contribution >= 0.6 is 0 Å². The Morgan fingerprint density at radius 1 is 1.28 bits per heavy atom. The molecule has 10 heteroatoms. The van der Waals surface area contributed by atoms with Gasteiger partial charge in [0.25, 0.3) is 0 Å². The molecule has 0 radical (unpaired) electrons. The van der Waals surface area contributed by atoms with Gasteiger partial charge in [0.1, 0.15) is 5.82 Å². The molecule has 9 nitrogen and oxygen atoms in total. The number of hydrogen-bond acceptors (Lipinski definition) is 6. The molecule has 0 spiro atoms. The van der Waals surface area contributed by atoms with Crippen molar-refractivity contribution in [1.82, 2.24) is 25.3 Å². The first-order valence-corrected chi connectivity index (χ1v) is 8.95. The number of nitrogens with one attached hydrogen (secondary N) is 1. The molecule has 1 aliphatic rings. The summed E-state index contributed by atoms with van der Waals surface area (Å²) in [5.41, 5.74) is 1.25. The standard InChI is InChI=1S/C19H17FN6O3/c1-2-17(27)24-18-11-25(19(28)29-18)13-4-5-14(15(20)9-13)12-3-6-16(21-10-12)26-22-7-8-23-26/h3-10,18H,2,11H2,1H3,(H,24,27). The molecule has 3 heterocycles. The molecular weight excluding hydrogens is 379 g/mol. The Morgan fingerprint density at radius 3 is 2.72 bits per heavy atom. The number of amides is 2. The summed E-state index contributed by atoms with van der Waals surface area (Å²) in [7, 11) is 0. The van der Waals surface area contributed by atoms with E-state index in [1.165, 1.54) is 34.4 Å². The van der Waals surface area contributed by atoms with E-state index in [-0.39, 0.29) is 18.9 Å². The highest BCUT2D eigenvalue weighted by atomic mass is 19.1. The number of pyridine rings is 1. The number of carbonyl (C=O) groups is 2. The summed E-state index contributed by atoms with van der Waals surface area (Å²) in [6.45, 7) is 1.81. The van der Waals surface area contributed by atoms with Crippen molar-refractivity contribution < 1.29 is 18.7 Å². The quantitative estimate of drug-likeness (QED) is 0.710. The summed E-state index contributed by atoms with van der Waals surface area (Å²) in [4.78, 5) is 30.4. The van der Waals surface area contributed by atoms with Crippen LogP contribution in [0.4, 0.5) is 14.9 Å².